The molecule has 6 fully saturated rings. The SMILES string of the molecule is CC=C(C(=O)O[C@H]1CC2C(O)C3C(=O)CC(CO)OC3C(CC3CCNC(N)C3)C2O[C@@]1(C)CCC1CCC(N)NC1)C1CCCC1. The van der Waals surface area contributed by atoms with Crippen LogP contribution in [0.25, 0.3) is 0 Å². The molecule has 4 heterocycles. The Balaban J connectivity index is 1.30. The van der Waals surface area contributed by atoms with Gasteiger partial charge in [0.1, 0.15) is 17.5 Å². The van der Waals surface area contributed by atoms with E-state index in [4.69, 9.17) is 25.7 Å². The fourth-order valence-electron chi connectivity index (χ4n) is 9.98. The third-order valence-corrected chi connectivity index (χ3v) is 12.7. The first-order valence-corrected chi connectivity index (χ1v) is 18.6. The van der Waals surface area contributed by atoms with E-state index in [0.717, 1.165) is 82.9 Å². The fourth-order valence-corrected chi connectivity index (χ4v) is 9.98. The highest BCUT2D eigenvalue weighted by atomic mass is 16.6. The van der Waals surface area contributed by atoms with Crippen molar-refractivity contribution in [1.82, 2.24) is 10.6 Å². The number of carbonyl (C=O) groups is 2. The molecule has 6 aliphatic rings. The third-order valence-electron chi connectivity index (χ3n) is 12.7. The smallest absolute Gasteiger partial charge is 0.334 e. The highest BCUT2D eigenvalue weighted by Gasteiger charge is 2.61. The lowest BCUT2D eigenvalue weighted by atomic mass is 9.60. The molecule has 4 saturated heterocycles. The molecule has 266 valence electrons. The Labute approximate surface area is 280 Å². The standard InChI is InChI=1S/C36H60N4O7/c1-3-24(22-6-4-5-7-22)35(44)46-28-17-25-32(43)31-27(42)16-23(19-41)45-34(31)26(14-21-11-13-39-30(38)15-21)33(25)47-36(28,2)12-10-20-8-9-29(37)40-18-20/h3,20-23,25-26,28-34,39-41,43H,4-19,37-38H2,1-2H3/t20?,21?,23?,25?,26?,28-,29?,30?,31?,32?,33?,34?,36-/m0/s1. The normalized spacial score (nSPS) is 44.9. The lowest BCUT2D eigenvalue weighted by Crippen LogP contribution is -2.68. The number of hydrogen-bond donors (Lipinski definition) is 6. The van der Waals surface area contributed by atoms with Crippen LogP contribution in [0.5, 0.6) is 0 Å². The summed E-state index contributed by atoms with van der Waals surface area (Å²) < 4.78 is 20.2. The predicted molar refractivity (Wildman–Crippen MR) is 177 cm³/mol. The number of rotatable bonds is 9. The molecule has 0 spiro atoms. The Hall–Kier alpha value is -1.44. The van der Waals surface area contributed by atoms with Gasteiger partial charge in [-0.1, -0.05) is 18.9 Å². The summed E-state index contributed by atoms with van der Waals surface area (Å²) in [6.07, 6.45) is 9.55. The number of Topliss-reactive ketones (excluding diaryl/α,β-unsaturated/α-hetero) is 1. The van der Waals surface area contributed by atoms with Crippen LogP contribution in [0.15, 0.2) is 11.6 Å². The summed E-state index contributed by atoms with van der Waals surface area (Å²) in [6, 6.07) is 0. The number of esters is 1. The number of hydrogen-bond acceptors (Lipinski definition) is 11. The van der Waals surface area contributed by atoms with E-state index in [1.165, 1.54) is 0 Å². The van der Waals surface area contributed by atoms with Crippen LogP contribution in [0, 0.1) is 35.5 Å². The lowest BCUT2D eigenvalue weighted by molar-refractivity contribution is -0.286. The van der Waals surface area contributed by atoms with Crippen LogP contribution in [0.4, 0.5) is 0 Å². The van der Waals surface area contributed by atoms with Gasteiger partial charge in [0, 0.05) is 23.8 Å². The van der Waals surface area contributed by atoms with Crippen molar-refractivity contribution < 1.29 is 34.0 Å². The molecule has 6 rings (SSSR count). The summed E-state index contributed by atoms with van der Waals surface area (Å²) in [4.78, 5) is 27.5. The number of aliphatic hydroxyl groups excluding tert-OH is 2. The van der Waals surface area contributed by atoms with Crippen molar-refractivity contribution >= 4 is 11.8 Å². The summed E-state index contributed by atoms with van der Waals surface area (Å²) >= 11 is 0. The summed E-state index contributed by atoms with van der Waals surface area (Å²) in [5.74, 6) is -0.653. The molecule has 0 aromatic heterocycles. The van der Waals surface area contributed by atoms with Crippen molar-refractivity contribution in [2.75, 3.05) is 19.7 Å². The number of fused-ring (bicyclic) bond motifs is 2. The maximum Gasteiger partial charge on any atom is 0.334 e. The molecular formula is C36H60N4O7. The van der Waals surface area contributed by atoms with Crippen molar-refractivity contribution in [3.63, 3.8) is 0 Å². The van der Waals surface area contributed by atoms with Crippen LogP contribution in [0.1, 0.15) is 97.3 Å². The van der Waals surface area contributed by atoms with Gasteiger partial charge < -0.3 is 46.5 Å². The van der Waals surface area contributed by atoms with Crippen LogP contribution in [-0.2, 0) is 23.8 Å². The number of nitrogens with two attached hydrogens (primary N) is 2. The zero-order valence-electron chi connectivity index (χ0n) is 28.5. The lowest BCUT2D eigenvalue weighted by Gasteiger charge is -2.58. The number of ketones is 1. The third kappa shape index (κ3) is 7.67. The minimum Gasteiger partial charge on any atom is -0.456 e. The maximum absolute atomic E-state index is 13.9. The fraction of sp³-hybridized carbons (Fsp3) is 0.889. The largest absolute Gasteiger partial charge is 0.456 e. The molecule has 0 amide bonds. The number of aliphatic hydroxyl groups is 2. The Morgan fingerprint density at radius 1 is 1.06 bits per heavy atom. The van der Waals surface area contributed by atoms with E-state index in [9.17, 15) is 19.8 Å². The first-order valence-electron chi connectivity index (χ1n) is 18.6. The average molecular weight is 661 g/mol. The van der Waals surface area contributed by atoms with Crippen molar-refractivity contribution in [3.8, 4) is 0 Å². The zero-order chi connectivity index (χ0) is 33.3. The second-order valence-electron chi connectivity index (χ2n) is 15.9. The van der Waals surface area contributed by atoms with Gasteiger partial charge in [-0.25, -0.2) is 4.79 Å². The Bertz CT molecular complexity index is 1120. The van der Waals surface area contributed by atoms with E-state index in [1.807, 2.05) is 13.0 Å². The van der Waals surface area contributed by atoms with Crippen molar-refractivity contribution in [2.24, 2.45) is 47.0 Å². The van der Waals surface area contributed by atoms with E-state index in [-0.39, 0.29) is 48.9 Å². The molecule has 11 nitrogen and oxygen atoms in total. The monoisotopic (exact) mass is 660 g/mol. The molecule has 2 saturated carbocycles. The molecule has 8 N–H and O–H groups in total. The zero-order valence-corrected chi connectivity index (χ0v) is 28.5. The summed E-state index contributed by atoms with van der Waals surface area (Å²) in [6.45, 7) is 5.42. The van der Waals surface area contributed by atoms with Crippen LogP contribution in [-0.4, -0.2) is 90.1 Å². The minimum absolute atomic E-state index is 0.0264. The Kier molecular flexibility index (Phi) is 11.5. The first kappa shape index (κ1) is 35.4. The molecule has 0 radical (unpaired) electrons. The number of allylic oxidation sites excluding steroid dienone is 1. The van der Waals surface area contributed by atoms with Gasteiger partial charge in [-0.2, -0.15) is 0 Å². The highest BCUT2D eigenvalue weighted by Crippen LogP contribution is 2.52. The minimum atomic E-state index is -0.991. The van der Waals surface area contributed by atoms with Gasteiger partial charge in [-0.15, -0.1) is 0 Å². The summed E-state index contributed by atoms with van der Waals surface area (Å²) in [5, 5.41) is 28.7. The van der Waals surface area contributed by atoms with Crippen molar-refractivity contribution in [1.29, 1.82) is 0 Å². The molecule has 47 heavy (non-hydrogen) atoms. The van der Waals surface area contributed by atoms with E-state index in [1.54, 1.807) is 0 Å². The van der Waals surface area contributed by atoms with Gasteiger partial charge in [0.25, 0.3) is 0 Å². The van der Waals surface area contributed by atoms with Crippen molar-refractivity contribution in [3.05, 3.63) is 11.6 Å². The molecule has 4 aliphatic heterocycles. The number of nitrogens with one attached hydrogen (secondary N) is 2. The van der Waals surface area contributed by atoms with E-state index < -0.39 is 48.0 Å². The van der Waals surface area contributed by atoms with Gasteiger partial charge in [0.05, 0.1) is 49.3 Å². The number of ether oxygens (including phenoxy) is 3. The molecular weight excluding hydrogens is 600 g/mol. The molecule has 0 aromatic carbocycles. The topological polar surface area (TPSA) is 178 Å². The average Bonchev–Trinajstić information content (AvgIpc) is 3.58. The molecule has 2 aliphatic carbocycles. The Morgan fingerprint density at radius 2 is 1.85 bits per heavy atom. The second-order valence-corrected chi connectivity index (χ2v) is 15.9. The highest BCUT2D eigenvalue weighted by molar-refractivity contribution is 5.89. The molecule has 0 bridgehead atoms. The van der Waals surface area contributed by atoms with E-state index in [0.29, 0.717) is 24.7 Å². The molecule has 0 aromatic rings. The summed E-state index contributed by atoms with van der Waals surface area (Å²) in [5.41, 5.74) is 12.4. The van der Waals surface area contributed by atoms with Gasteiger partial charge in [-0.3, -0.25) is 4.79 Å². The number of carbonyl (C=O) groups excluding carboxylic acids is 2. The number of piperidine rings is 2. The summed E-state index contributed by atoms with van der Waals surface area (Å²) in [7, 11) is 0. The quantitative estimate of drug-likeness (QED) is 0.158. The van der Waals surface area contributed by atoms with E-state index >= 15 is 0 Å². The van der Waals surface area contributed by atoms with Crippen LogP contribution >= 0.6 is 0 Å². The van der Waals surface area contributed by atoms with Crippen LogP contribution in [0.3, 0.4) is 0 Å². The van der Waals surface area contributed by atoms with E-state index in [2.05, 4.69) is 17.6 Å². The maximum atomic E-state index is 13.9. The first-order chi connectivity index (χ1) is 22.6. The molecule has 13 atom stereocenters. The predicted octanol–water partition coefficient (Wildman–Crippen LogP) is 2.26. The van der Waals surface area contributed by atoms with Gasteiger partial charge in [-0.05, 0) is 109 Å². The molecule has 11 heteroatoms. The van der Waals surface area contributed by atoms with Crippen LogP contribution < -0.4 is 22.1 Å². The van der Waals surface area contributed by atoms with Gasteiger partial charge in [0.15, 0.2) is 0 Å². The molecule has 11 unspecified atom stereocenters. The van der Waals surface area contributed by atoms with Crippen LogP contribution in [0.2, 0.25) is 0 Å². The Morgan fingerprint density at radius 3 is 2.53 bits per heavy atom. The van der Waals surface area contributed by atoms with Crippen molar-refractivity contribution in [2.45, 2.75) is 146 Å². The van der Waals surface area contributed by atoms with Gasteiger partial charge >= 0.3 is 5.97 Å². The van der Waals surface area contributed by atoms with Gasteiger partial charge in [0.2, 0.25) is 0 Å². The second kappa shape index (κ2) is 15.2.